The van der Waals surface area contributed by atoms with Gasteiger partial charge in [-0.15, -0.1) is 0 Å². The molecule has 2 rings (SSSR count). The van der Waals surface area contributed by atoms with Gasteiger partial charge >= 0.3 is 6.03 Å². The number of rotatable bonds is 5. The van der Waals surface area contributed by atoms with Crippen molar-refractivity contribution in [1.29, 1.82) is 0 Å². The topological polar surface area (TPSA) is 75.4 Å². The van der Waals surface area contributed by atoms with Crippen molar-refractivity contribution in [2.75, 3.05) is 6.54 Å². The van der Waals surface area contributed by atoms with E-state index >= 15 is 0 Å². The molecule has 1 fully saturated rings. The Labute approximate surface area is 125 Å². The van der Waals surface area contributed by atoms with Crippen LogP contribution in [-0.2, 0) is 16.8 Å². The zero-order valence-corrected chi connectivity index (χ0v) is 12.8. The summed E-state index contributed by atoms with van der Waals surface area (Å²) in [6.07, 6.45) is 1.45. The van der Waals surface area contributed by atoms with Crippen molar-refractivity contribution in [3.8, 4) is 0 Å². The molecule has 1 aliphatic rings. The molecule has 21 heavy (non-hydrogen) atoms. The molecule has 3 N–H and O–H groups in total. The first-order chi connectivity index (χ1) is 10.00. The second-order valence-electron chi connectivity index (χ2n) is 5.50. The Morgan fingerprint density at radius 2 is 1.86 bits per heavy atom. The van der Waals surface area contributed by atoms with Crippen molar-refractivity contribution >= 4 is 11.9 Å². The highest BCUT2D eigenvalue weighted by atomic mass is 16.2. The maximum Gasteiger partial charge on any atom is 0.325 e. The molecule has 0 spiro atoms. The average Bonchev–Trinajstić information content (AvgIpc) is 2.78. The van der Waals surface area contributed by atoms with Gasteiger partial charge in [0.05, 0.1) is 6.04 Å². The van der Waals surface area contributed by atoms with Crippen LogP contribution < -0.4 is 11.1 Å². The molecule has 1 aromatic rings. The van der Waals surface area contributed by atoms with Gasteiger partial charge in [-0.05, 0) is 30.9 Å². The van der Waals surface area contributed by atoms with Crippen LogP contribution in [0.1, 0.15) is 38.3 Å². The Bertz CT molecular complexity index is 541. The molecule has 1 saturated heterocycles. The van der Waals surface area contributed by atoms with Gasteiger partial charge in [0.25, 0.3) is 5.91 Å². The summed E-state index contributed by atoms with van der Waals surface area (Å²) in [5.41, 5.74) is 6.67. The molecule has 1 heterocycles. The monoisotopic (exact) mass is 289 g/mol. The minimum Gasteiger partial charge on any atom is -0.328 e. The number of urea groups is 1. The summed E-state index contributed by atoms with van der Waals surface area (Å²) < 4.78 is 0. The molecule has 5 nitrogen and oxygen atoms in total. The molecule has 2 unspecified atom stereocenters. The first kappa shape index (κ1) is 15.5. The SMILES string of the molecule is CCc1ccc(C2(CC)NC(=O)N(C(C)CN)C2=O)cc1. The lowest BCUT2D eigenvalue weighted by atomic mass is 9.86. The Morgan fingerprint density at radius 1 is 1.24 bits per heavy atom. The highest BCUT2D eigenvalue weighted by molar-refractivity contribution is 6.07. The lowest BCUT2D eigenvalue weighted by molar-refractivity contribution is -0.133. The van der Waals surface area contributed by atoms with Crippen LogP contribution >= 0.6 is 0 Å². The summed E-state index contributed by atoms with van der Waals surface area (Å²) in [4.78, 5) is 26.3. The molecule has 0 radical (unpaired) electrons. The fraction of sp³-hybridized carbons (Fsp3) is 0.500. The number of imide groups is 1. The van der Waals surface area contributed by atoms with Crippen LogP contribution in [0.4, 0.5) is 4.79 Å². The molecule has 0 saturated carbocycles. The third-order valence-electron chi connectivity index (χ3n) is 4.29. The van der Waals surface area contributed by atoms with Crippen molar-refractivity contribution in [3.63, 3.8) is 0 Å². The number of benzene rings is 1. The van der Waals surface area contributed by atoms with Crippen LogP contribution in [0.5, 0.6) is 0 Å². The molecule has 3 amide bonds. The summed E-state index contributed by atoms with van der Waals surface area (Å²) in [6, 6.07) is 7.19. The van der Waals surface area contributed by atoms with Gasteiger partial charge in [0.15, 0.2) is 0 Å². The van der Waals surface area contributed by atoms with E-state index in [1.165, 1.54) is 10.5 Å². The number of carbonyl (C=O) groups excluding carboxylic acids is 2. The maximum absolute atomic E-state index is 12.8. The van der Waals surface area contributed by atoms with E-state index in [0.29, 0.717) is 6.42 Å². The van der Waals surface area contributed by atoms with E-state index in [9.17, 15) is 9.59 Å². The number of nitrogens with zero attached hydrogens (tertiary/aromatic N) is 1. The Kier molecular flexibility index (Phi) is 4.32. The van der Waals surface area contributed by atoms with Gasteiger partial charge in [0.2, 0.25) is 0 Å². The van der Waals surface area contributed by atoms with Gasteiger partial charge in [-0.1, -0.05) is 38.1 Å². The minimum atomic E-state index is -0.965. The molecule has 1 aliphatic heterocycles. The summed E-state index contributed by atoms with van der Waals surface area (Å²) >= 11 is 0. The van der Waals surface area contributed by atoms with Crippen LogP contribution in [0.25, 0.3) is 0 Å². The second kappa shape index (κ2) is 5.85. The summed E-state index contributed by atoms with van der Waals surface area (Å²) in [5, 5.41) is 2.87. The van der Waals surface area contributed by atoms with Crippen molar-refractivity contribution < 1.29 is 9.59 Å². The van der Waals surface area contributed by atoms with Gasteiger partial charge in [-0.2, -0.15) is 0 Å². The molecule has 0 aliphatic carbocycles. The molecular weight excluding hydrogens is 266 g/mol. The van der Waals surface area contributed by atoms with E-state index < -0.39 is 5.54 Å². The van der Waals surface area contributed by atoms with Gasteiger partial charge in [0, 0.05) is 6.54 Å². The second-order valence-corrected chi connectivity index (χ2v) is 5.50. The molecule has 5 heteroatoms. The molecule has 114 valence electrons. The molecule has 1 aromatic carbocycles. The standard InChI is InChI=1S/C16H23N3O2/c1-4-12-6-8-13(9-7-12)16(5-2)14(20)19(11(3)10-17)15(21)18-16/h6-9,11H,4-5,10,17H2,1-3H3,(H,18,21). The largest absolute Gasteiger partial charge is 0.328 e. The number of hydrogen-bond donors (Lipinski definition) is 2. The molecule has 0 bridgehead atoms. The highest BCUT2D eigenvalue weighted by Gasteiger charge is 2.52. The van der Waals surface area contributed by atoms with Crippen molar-refractivity contribution in [3.05, 3.63) is 35.4 Å². The third kappa shape index (κ3) is 2.42. The van der Waals surface area contributed by atoms with E-state index in [0.717, 1.165) is 12.0 Å². The van der Waals surface area contributed by atoms with E-state index in [4.69, 9.17) is 5.73 Å². The van der Waals surface area contributed by atoms with Crippen LogP contribution in [-0.4, -0.2) is 29.4 Å². The normalized spacial score (nSPS) is 23.3. The van der Waals surface area contributed by atoms with Crippen molar-refractivity contribution in [2.24, 2.45) is 5.73 Å². The number of aryl methyl sites for hydroxylation is 1. The van der Waals surface area contributed by atoms with Crippen LogP contribution in [0.2, 0.25) is 0 Å². The smallest absolute Gasteiger partial charge is 0.325 e. The maximum atomic E-state index is 12.8. The lowest BCUT2D eigenvalue weighted by Gasteiger charge is -2.27. The van der Waals surface area contributed by atoms with E-state index in [2.05, 4.69) is 12.2 Å². The fourth-order valence-corrected chi connectivity index (χ4v) is 2.76. The first-order valence-corrected chi connectivity index (χ1v) is 7.45. The van der Waals surface area contributed by atoms with Gasteiger partial charge in [-0.25, -0.2) is 4.79 Å². The van der Waals surface area contributed by atoms with E-state index in [1.54, 1.807) is 6.92 Å². The third-order valence-corrected chi connectivity index (χ3v) is 4.29. The number of carbonyl (C=O) groups is 2. The summed E-state index contributed by atoms with van der Waals surface area (Å²) in [5.74, 6) is -0.211. The number of nitrogens with two attached hydrogens (primary N) is 1. The lowest BCUT2D eigenvalue weighted by Crippen LogP contribution is -2.46. The minimum absolute atomic E-state index is 0.211. The van der Waals surface area contributed by atoms with Gasteiger partial charge in [-0.3, -0.25) is 9.69 Å². The molecular formula is C16H23N3O2. The summed E-state index contributed by atoms with van der Waals surface area (Å²) in [6.45, 7) is 6.03. The van der Waals surface area contributed by atoms with Crippen molar-refractivity contribution in [1.82, 2.24) is 10.2 Å². The summed E-state index contributed by atoms with van der Waals surface area (Å²) in [7, 11) is 0. The fourth-order valence-electron chi connectivity index (χ4n) is 2.76. The first-order valence-electron chi connectivity index (χ1n) is 7.45. The van der Waals surface area contributed by atoms with Crippen LogP contribution in [0, 0.1) is 0 Å². The predicted octanol–water partition coefficient (Wildman–Crippen LogP) is 1.75. The van der Waals surface area contributed by atoms with Crippen LogP contribution in [0.3, 0.4) is 0 Å². The van der Waals surface area contributed by atoms with Gasteiger partial charge < -0.3 is 11.1 Å². The average molecular weight is 289 g/mol. The van der Waals surface area contributed by atoms with E-state index in [1.807, 2.05) is 31.2 Å². The van der Waals surface area contributed by atoms with Gasteiger partial charge in [0.1, 0.15) is 5.54 Å². The zero-order chi connectivity index (χ0) is 15.6. The molecule has 0 aromatic heterocycles. The quantitative estimate of drug-likeness (QED) is 0.811. The Hall–Kier alpha value is -1.88. The Balaban J connectivity index is 2.42. The number of nitrogens with one attached hydrogen (secondary N) is 1. The highest BCUT2D eigenvalue weighted by Crippen LogP contribution is 2.33. The van der Waals surface area contributed by atoms with E-state index in [-0.39, 0.29) is 24.5 Å². The predicted molar refractivity (Wildman–Crippen MR) is 81.7 cm³/mol. The number of amides is 3. The Morgan fingerprint density at radius 3 is 2.33 bits per heavy atom. The van der Waals surface area contributed by atoms with Crippen LogP contribution in [0.15, 0.2) is 24.3 Å². The van der Waals surface area contributed by atoms with Crippen molar-refractivity contribution in [2.45, 2.75) is 45.2 Å². The number of hydrogen-bond acceptors (Lipinski definition) is 3. The molecule has 2 atom stereocenters. The zero-order valence-electron chi connectivity index (χ0n) is 12.8.